The molecule has 34 heavy (non-hydrogen) atoms. The summed E-state index contributed by atoms with van der Waals surface area (Å²) in [4.78, 5) is 27.2. The molecule has 0 radical (unpaired) electrons. The zero-order valence-electron chi connectivity index (χ0n) is 18.6. The van der Waals surface area contributed by atoms with Crippen molar-refractivity contribution >= 4 is 28.6 Å². The molecule has 1 atom stereocenters. The highest BCUT2D eigenvalue weighted by molar-refractivity contribution is 6.04. The number of nitriles is 1. The Labute approximate surface area is 196 Å². The molecule has 5 rings (SSSR count). The molecule has 1 fully saturated rings. The first-order valence-electron chi connectivity index (χ1n) is 11.0. The van der Waals surface area contributed by atoms with Crippen molar-refractivity contribution in [3.05, 3.63) is 60.0 Å². The SMILES string of the molecule is Cc1ccnc(NC(=O)c2ccc(-c3nn(C4CCCN(C#N)C4)c4ncnc(N)c34)cc2)c1. The van der Waals surface area contributed by atoms with Gasteiger partial charge < -0.3 is 16.0 Å². The zero-order valence-corrected chi connectivity index (χ0v) is 18.6. The summed E-state index contributed by atoms with van der Waals surface area (Å²) in [5, 5.41) is 17.7. The Hall–Kier alpha value is -4.52. The van der Waals surface area contributed by atoms with Crippen LogP contribution >= 0.6 is 0 Å². The molecule has 1 aliphatic heterocycles. The molecule has 3 N–H and O–H groups in total. The van der Waals surface area contributed by atoms with E-state index >= 15 is 0 Å². The van der Waals surface area contributed by atoms with Crippen LogP contribution in [0.15, 0.2) is 48.9 Å². The number of nitrogen functional groups attached to an aromatic ring is 1. The third kappa shape index (κ3) is 3.99. The smallest absolute Gasteiger partial charge is 0.256 e. The fourth-order valence-electron chi connectivity index (χ4n) is 4.27. The van der Waals surface area contributed by atoms with E-state index in [2.05, 4.69) is 26.5 Å². The molecule has 4 heterocycles. The molecule has 1 aliphatic rings. The van der Waals surface area contributed by atoms with Gasteiger partial charge in [0.2, 0.25) is 0 Å². The number of carbonyl (C=O) groups is 1. The minimum atomic E-state index is -0.248. The van der Waals surface area contributed by atoms with Gasteiger partial charge in [-0.15, -0.1) is 0 Å². The van der Waals surface area contributed by atoms with E-state index in [0.717, 1.165) is 30.5 Å². The quantitative estimate of drug-likeness (QED) is 0.449. The Kier molecular flexibility index (Phi) is 5.51. The summed E-state index contributed by atoms with van der Waals surface area (Å²) < 4.78 is 1.86. The van der Waals surface area contributed by atoms with E-state index in [0.29, 0.717) is 40.5 Å². The lowest BCUT2D eigenvalue weighted by atomic mass is 10.1. The van der Waals surface area contributed by atoms with Crippen LogP contribution in [0.1, 0.15) is 34.8 Å². The van der Waals surface area contributed by atoms with Crippen LogP contribution in [0.25, 0.3) is 22.3 Å². The van der Waals surface area contributed by atoms with Gasteiger partial charge in [-0.05, 0) is 49.6 Å². The second kappa shape index (κ2) is 8.78. The molecule has 10 heteroatoms. The molecule has 1 unspecified atom stereocenters. The Balaban J connectivity index is 1.47. The van der Waals surface area contributed by atoms with Gasteiger partial charge in [0.25, 0.3) is 5.91 Å². The van der Waals surface area contributed by atoms with Crippen LogP contribution in [-0.2, 0) is 0 Å². The third-order valence-corrected chi connectivity index (χ3v) is 5.98. The Morgan fingerprint density at radius 3 is 2.79 bits per heavy atom. The van der Waals surface area contributed by atoms with Crippen molar-refractivity contribution in [2.45, 2.75) is 25.8 Å². The number of fused-ring (bicyclic) bond motifs is 1. The number of hydrogen-bond donors (Lipinski definition) is 2. The summed E-state index contributed by atoms with van der Waals surface area (Å²) in [6, 6.07) is 10.8. The molecular weight excluding hydrogens is 430 g/mol. The molecule has 0 bridgehead atoms. The summed E-state index contributed by atoms with van der Waals surface area (Å²) in [5.41, 5.74) is 9.82. The number of pyridine rings is 1. The van der Waals surface area contributed by atoms with Crippen LogP contribution in [0, 0.1) is 18.4 Å². The minimum absolute atomic E-state index is 0.00540. The van der Waals surface area contributed by atoms with E-state index in [1.807, 2.05) is 35.9 Å². The maximum atomic E-state index is 12.7. The summed E-state index contributed by atoms with van der Waals surface area (Å²) in [7, 11) is 0. The van der Waals surface area contributed by atoms with E-state index < -0.39 is 0 Å². The van der Waals surface area contributed by atoms with Gasteiger partial charge >= 0.3 is 0 Å². The first-order valence-corrected chi connectivity index (χ1v) is 11.0. The van der Waals surface area contributed by atoms with Crippen molar-refractivity contribution in [2.75, 3.05) is 24.1 Å². The maximum Gasteiger partial charge on any atom is 0.256 e. The number of piperidine rings is 1. The van der Waals surface area contributed by atoms with Crippen LogP contribution in [0.3, 0.4) is 0 Å². The standard InChI is InChI=1S/C24H23N9O/c1-15-8-9-27-19(11-15)30-24(34)17-6-4-16(5-7-17)21-20-22(26)28-14-29-23(20)33(31-21)18-3-2-10-32(12-18)13-25/h4-9,11,14,18H,2-3,10,12H2,1H3,(H2,26,28,29)(H,27,30,34). The highest BCUT2D eigenvalue weighted by Gasteiger charge is 2.26. The number of anilines is 2. The molecule has 3 aromatic heterocycles. The number of aromatic nitrogens is 5. The number of nitrogens with one attached hydrogen (secondary N) is 1. The first kappa shape index (κ1) is 21.3. The number of carbonyl (C=O) groups excluding carboxylic acids is 1. The number of rotatable bonds is 4. The number of benzene rings is 1. The average molecular weight is 454 g/mol. The third-order valence-electron chi connectivity index (χ3n) is 5.98. The van der Waals surface area contributed by atoms with Gasteiger partial charge in [-0.1, -0.05) is 12.1 Å². The molecule has 170 valence electrons. The van der Waals surface area contributed by atoms with Gasteiger partial charge in [0, 0.05) is 23.9 Å². The molecule has 1 saturated heterocycles. The van der Waals surface area contributed by atoms with E-state index in [4.69, 9.17) is 10.8 Å². The van der Waals surface area contributed by atoms with Gasteiger partial charge in [0.05, 0.1) is 18.0 Å². The van der Waals surface area contributed by atoms with Crippen molar-refractivity contribution in [3.63, 3.8) is 0 Å². The fourth-order valence-corrected chi connectivity index (χ4v) is 4.27. The summed E-state index contributed by atoms with van der Waals surface area (Å²) >= 11 is 0. The highest BCUT2D eigenvalue weighted by Crippen LogP contribution is 2.33. The van der Waals surface area contributed by atoms with Crippen molar-refractivity contribution in [1.82, 2.24) is 29.6 Å². The number of amides is 1. The van der Waals surface area contributed by atoms with E-state index in [1.54, 1.807) is 23.2 Å². The van der Waals surface area contributed by atoms with Gasteiger partial charge in [0.15, 0.2) is 11.8 Å². The average Bonchev–Trinajstić information content (AvgIpc) is 3.25. The van der Waals surface area contributed by atoms with E-state index in [-0.39, 0.29) is 11.9 Å². The number of aryl methyl sites for hydroxylation is 1. The van der Waals surface area contributed by atoms with Crippen molar-refractivity contribution < 1.29 is 4.79 Å². The lowest BCUT2D eigenvalue weighted by molar-refractivity contribution is 0.102. The number of nitrogens with zero attached hydrogens (tertiary/aromatic N) is 7. The fraction of sp³-hybridized carbons (Fsp3) is 0.250. The van der Waals surface area contributed by atoms with Crippen LogP contribution in [0.2, 0.25) is 0 Å². The van der Waals surface area contributed by atoms with Crippen LogP contribution in [0.4, 0.5) is 11.6 Å². The van der Waals surface area contributed by atoms with E-state index in [1.165, 1.54) is 6.33 Å². The topological polar surface area (TPSA) is 139 Å². The molecular formula is C24H23N9O. The van der Waals surface area contributed by atoms with E-state index in [9.17, 15) is 10.1 Å². The summed E-state index contributed by atoms with van der Waals surface area (Å²) in [6.07, 6.45) is 7.11. The molecule has 0 aliphatic carbocycles. The Morgan fingerprint density at radius 2 is 2.03 bits per heavy atom. The Bertz CT molecular complexity index is 1400. The molecule has 0 saturated carbocycles. The normalized spacial score (nSPS) is 15.8. The number of nitrogens with two attached hydrogens (primary N) is 1. The molecule has 10 nitrogen and oxygen atoms in total. The van der Waals surface area contributed by atoms with Gasteiger partial charge in [-0.3, -0.25) is 4.79 Å². The maximum absolute atomic E-state index is 12.7. The minimum Gasteiger partial charge on any atom is -0.383 e. The number of likely N-dealkylation sites (tertiary alicyclic amines) is 1. The van der Waals surface area contributed by atoms with Crippen LogP contribution in [0.5, 0.6) is 0 Å². The second-order valence-corrected chi connectivity index (χ2v) is 8.34. The first-order chi connectivity index (χ1) is 16.5. The monoisotopic (exact) mass is 453 g/mol. The lowest BCUT2D eigenvalue weighted by Gasteiger charge is -2.28. The van der Waals surface area contributed by atoms with Crippen LogP contribution < -0.4 is 11.1 Å². The lowest BCUT2D eigenvalue weighted by Crippen LogP contribution is -2.33. The zero-order chi connectivity index (χ0) is 23.7. The molecule has 0 spiro atoms. The molecule has 1 aromatic carbocycles. The van der Waals surface area contributed by atoms with Crippen molar-refractivity contribution in [2.24, 2.45) is 0 Å². The van der Waals surface area contributed by atoms with Gasteiger partial charge in [-0.2, -0.15) is 10.4 Å². The summed E-state index contributed by atoms with van der Waals surface area (Å²) in [6.45, 7) is 3.26. The van der Waals surface area contributed by atoms with Gasteiger partial charge in [0.1, 0.15) is 23.7 Å². The van der Waals surface area contributed by atoms with Crippen molar-refractivity contribution in [3.8, 4) is 17.5 Å². The predicted octanol–water partition coefficient (Wildman–Crippen LogP) is 3.15. The van der Waals surface area contributed by atoms with Crippen molar-refractivity contribution in [1.29, 1.82) is 5.26 Å². The summed E-state index contributed by atoms with van der Waals surface area (Å²) in [5.74, 6) is 0.593. The van der Waals surface area contributed by atoms with Crippen LogP contribution in [-0.4, -0.2) is 48.6 Å². The molecule has 4 aromatic rings. The predicted molar refractivity (Wildman–Crippen MR) is 128 cm³/mol. The van der Waals surface area contributed by atoms with Gasteiger partial charge in [-0.25, -0.2) is 19.6 Å². The number of hydrogen-bond acceptors (Lipinski definition) is 8. The largest absolute Gasteiger partial charge is 0.383 e. The second-order valence-electron chi connectivity index (χ2n) is 8.34. The Morgan fingerprint density at radius 1 is 1.21 bits per heavy atom. The molecule has 1 amide bonds. The highest BCUT2D eigenvalue weighted by atomic mass is 16.1.